The van der Waals surface area contributed by atoms with E-state index in [9.17, 15) is 36.3 Å². The Bertz CT molecular complexity index is 1750. The number of amides is 3. The number of imidazole rings is 1. The highest BCUT2D eigenvalue weighted by Gasteiger charge is 2.32. The van der Waals surface area contributed by atoms with Gasteiger partial charge in [0.1, 0.15) is 5.75 Å². The number of rotatable bonds is 8. The summed E-state index contributed by atoms with van der Waals surface area (Å²) >= 11 is 0. The van der Waals surface area contributed by atoms with Crippen LogP contribution in [0.3, 0.4) is 0 Å². The van der Waals surface area contributed by atoms with Crippen molar-refractivity contribution in [3.05, 3.63) is 66.1 Å². The van der Waals surface area contributed by atoms with E-state index >= 15 is 0 Å². The minimum atomic E-state index is -4.51. The summed E-state index contributed by atoms with van der Waals surface area (Å²) in [6.07, 6.45) is -0.673. The third kappa shape index (κ3) is 10.6. The maximum absolute atomic E-state index is 14.3. The third-order valence-electron chi connectivity index (χ3n) is 8.52. The molecule has 0 bridgehead atoms. The smallest absolute Gasteiger partial charge is 0.416 e. The first-order valence-corrected chi connectivity index (χ1v) is 18.0. The van der Waals surface area contributed by atoms with E-state index in [1.165, 1.54) is 64.3 Å². The second-order valence-corrected chi connectivity index (χ2v) is 14.5. The van der Waals surface area contributed by atoms with Crippen LogP contribution in [0.5, 0.6) is 5.75 Å². The molecule has 1 aromatic heterocycles. The molecule has 2 heterocycles. The van der Waals surface area contributed by atoms with Crippen molar-refractivity contribution in [2.75, 3.05) is 43.4 Å². The molecule has 3 aromatic rings. The number of nitrogens with one attached hydrogen (secondary N) is 2. The minimum Gasteiger partial charge on any atom is -0.490 e. The monoisotopic (exact) mass is 738 g/mol. The number of ether oxygens (including phenoxy) is 2. The molecule has 0 saturated carbocycles. The van der Waals surface area contributed by atoms with Gasteiger partial charge < -0.3 is 34.3 Å². The average molecular weight is 739 g/mol. The molecule has 0 aliphatic carbocycles. The third-order valence-corrected chi connectivity index (χ3v) is 9.79. The number of aliphatic hydroxyl groups excluding tert-OH is 1. The Morgan fingerprint density at radius 2 is 1.82 bits per heavy atom. The van der Waals surface area contributed by atoms with Crippen LogP contribution in [-0.2, 0) is 28.0 Å². The van der Waals surface area contributed by atoms with Crippen LogP contribution in [0.1, 0.15) is 56.0 Å². The molecule has 3 N–H and O–H groups in total. The average Bonchev–Trinajstić information content (AvgIpc) is 3.53. The Hall–Kier alpha value is -4.35. The lowest BCUT2D eigenvalue weighted by atomic mass is 10.0. The molecule has 0 fully saturated rings. The number of hydrogen-bond acceptors (Lipinski definition) is 8. The van der Waals surface area contributed by atoms with Crippen molar-refractivity contribution in [1.82, 2.24) is 19.4 Å². The van der Waals surface area contributed by atoms with E-state index in [0.717, 1.165) is 18.6 Å². The standard InChI is InChI=1S/C34H45F3N6O7S/c1-22-17-43(23(2)20-44)32(45)28-16-27(40-51(47,48)31-19-41(4)21-38-31)13-14-29(28)50-24(3)8-6-7-15-49-30(22)18-42(5)33(46)39-26-11-9-25(10-12-26)34(35,36)37/h9-14,16,19,21-24,30,40,44H,6-8,15,17-18,20H2,1-5H3,(H,39,46). The van der Waals surface area contributed by atoms with E-state index in [1.54, 1.807) is 14.0 Å². The van der Waals surface area contributed by atoms with Crippen molar-refractivity contribution >= 4 is 33.3 Å². The maximum atomic E-state index is 14.3. The second kappa shape index (κ2) is 16.8. The number of fused-ring (bicyclic) bond motifs is 1. The first kappa shape index (κ1) is 39.4. The van der Waals surface area contributed by atoms with Gasteiger partial charge in [-0.15, -0.1) is 0 Å². The number of aromatic nitrogens is 2. The number of nitrogens with zero attached hydrogens (tertiary/aromatic N) is 4. The number of anilines is 2. The Morgan fingerprint density at radius 1 is 1.14 bits per heavy atom. The van der Waals surface area contributed by atoms with E-state index in [-0.39, 0.29) is 59.4 Å². The molecule has 51 heavy (non-hydrogen) atoms. The summed E-state index contributed by atoms with van der Waals surface area (Å²) in [7, 11) is -0.912. The molecule has 1 aliphatic rings. The fourth-order valence-corrected chi connectivity index (χ4v) is 6.53. The number of alkyl halides is 3. The molecule has 280 valence electrons. The van der Waals surface area contributed by atoms with Gasteiger partial charge in [0.2, 0.25) is 0 Å². The van der Waals surface area contributed by atoms with E-state index in [4.69, 9.17) is 9.47 Å². The van der Waals surface area contributed by atoms with E-state index in [0.29, 0.717) is 19.4 Å². The lowest BCUT2D eigenvalue weighted by Crippen LogP contribution is -2.48. The predicted molar refractivity (Wildman–Crippen MR) is 184 cm³/mol. The summed E-state index contributed by atoms with van der Waals surface area (Å²) in [4.78, 5) is 34.1. The molecular formula is C34H45F3N6O7S. The molecule has 3 amide bonds. The van der Waals surface area contributed by atoms with Gasteiger partial charge in [-0.1, -0.05) is 6.92 Å². The number of aliphatic hydroxyl groups is 1. The molecule has 4 unspecified atom stereocenters. The van der Waals surface area contributed by atoms with Crippen LogP contribution in [0.25, 0.3) is 0 Å². The number of benzene rings is 2. The minimum absolute atomic E-state index is 0.0816. The number of sulfonamides is 1. The van der Waals surface area contributed by atoms with Crippen LogP contribution < -0.4 is 14.8 Å². The molecule has 4 atom stereocenters. The van der Waals surface area contributed by atoms with Crippen molar-refractivity contribution < 1.29 is 45.8 Å². The molecule has 17 heteroatoms. The van der Waals surface area contributed by atoms with Gasteiger partial charge in [-0.05, 0) is 75.6 Å². The molecule has 0 spiro atoms. The van der Waals surface area contributed by atoms with Crippen molar-refractivity contribution in [3.63, 3.8) is 0 Å². The molecule has 0 radical (unpaired) electrons. The van der Waals surface area contributed by atoms with Crippen LogP contribution >= 0.6 is 0 Å². The van der Waals surface area contributed by atoms with Gasteiger partial charge in [-0.3, -0.25) is 9.52 Å². The molecule has 1 aliphatic heterocycles. The number of halogens is 3. The number of urea groups is 1. The van der Waals surface area contributed by atoms with E-state index in [2.05, 4.69) is 15.0 Å². The van der Waals surface area contributed by atoms with Crippen LogP contribution in [0.15, 0.2) is 60.0 Å². The van der Waals surface area contributed by atoms with Gasteiger partial charge in [-0.25, -0.2) is 9.78 Å². The number of aryl methyl sites for hydroxylation is 1. The van der Waals surface area contributed by atoms with Crippen molar-refractivity contribution in [3.8, 4) is 5.75 Å². The zero-order valence-electron chi connectivity index (χ0n) is 29.2. The first-order chi connectivity index (χ1) is 24.0. The normalized spacial score (nSPS) is 20.1. The Kier molecular flexibility index (Phi) is 13.0. The number of likely N-dealkylation sites (N-methyl/N-ethyl adjacent to an activating group) is 1. The van der Waals surface area contributed by atoms with Crippen molar-refractivity contribution in [1.29, 1.82) is 0 Å². The number of carbonyl (C=O) groups is 2. The highest BCUT2D eigenvalue weighted by Crippen LogP contribution is 2.31. The highest BCUT2D eigenvalue weighted by molar-refractivity contribution is 7.92. The largest absolute Gasteiger partial charge is 0.490 e. The fourth-order valence-electron chi connectivity index (χ4n) is 5.50. The fraction of sp³-hybridized carbons (Fsp3) is 0.500. The molecule has 2 aromatic carbocycles. The SMILES string of the molecule is CC1CCCCOC(CN(C)C(=O)Nc2ccc(C(F)(F)F)cc2)C(C)CN(C(C)CO)C(=O)c2cc(NS(=O)(=O)c3cn(C)cn3)ccc2O1. The van der Waals surface area contributed by atoms with E-state index in [1.807, 2.05) is 13.8 Å². The van der Waals surface area contributed by atoms with Gasteiger partial charge in [0.05, 0.1) is 42.3 Å². The molecular weight excluding hydrogens is 693 g/mol. The summed E-state index contributed by atoms with van der Waals surface area (Å²) in [5.41, 5.74) is -0.461. The summed E-state index contributed by atoms with van der Waals surface area (Å²) in [5.74, 6) is -0.657. The highest BCUT2D eigenvalue weighted by atomic mass is 32.2. The van der Waals surface area contributed by atoms with Crippen molar-refractivity contribution in [2.45, 2.75) is 69.5 Å². The zero-order chi connectivity index (χ0) is 37.5. The molecule has 13 nitrogen and oxygen atoms in total. The molecule has 0 saturated heterocycles. The lowest BCUT2D eigenvalue weighted by Gasteiger charge is -2.35. The quantitative estimate of drug-likeness (QED) is 0.285. The van der Waals surface area contributed by atoms with Gasteiger partial charge in [0.15, 0.2) is 5.03 Å². The topological polar surface area (TPSA) is 155 Å². The first-order valence-electron chi connectivity index (χ1n) is 16.5. The van der Waals surface area contributed by atoms with E-state index < -0.39 is 45.8 Å². The van der Waals surface area contributed by atoms with Gasteiger partial charge in [0, 0.05) is 57.3 Å². The van der Waals surface area contributed by atoms with Crippen LogP contribution in [0.2, 0.25) is 0 Å². The van der Waals surface area contributed by atoms with Crippen LogP contribution in [0, 0.1) is 5.92 Å². The Balaban J connectivity index is 1.59. The summed E-state index contributed by atoms with van der Waals surface area (Å²) in [6, 6.07) is 7.30. The zero-order valence-corrected chi connectivity index (χ0v) is 30.0. The molecule has 4 rings (SSSR count). The summed E-state index contributed by atoms with van der Waals surface area (Å²) in [6.45, 7) is 5.52. The van der Waals surface area contributed by atoms with Gasteiger partial charge in [0.25, 0.3) is 15.9 Å². The lowest BCUT2D eigenvalue weighted by molar-refractivity contribution is -0.137. The number of hydrogen-bond donors (Lipinski definition) is 3. The van der Waals surface area contributed by atoms with Gasteiger partial charge >= 0.3 is 12.2 Å². The Labute approximate surface area is 295 Å². The maximum Gasteiger partial charge on any atom is 0.416 e. The number of carbonyl (C=O) groups excluding carboxylic acids is 2. The predicted octanol–water partition coefficient (Wildman–Crippen LogP) is 5.20. The Morgan fingerprint density at radius 3 is 2.45 bits per heavy atom. The van der Waals surface area contributed by atoms with Crippen LogP contribution in [-0.4, -0.2) is 96.4 Å². The van der Waals surface area contributed by atoms with Crippen LogP contribution in [0.4, 0.5) is 29.3 Å². The second-order valence-electron chi connectivity index (χ2n) is 12.9. The summed E-state index contributed by atoms with van der Waals surface area (Å²) < 4.78 is 81.5. The summed E-state index contributed by atoms with van der Waals surface area (Å²) in [5, 5.41) is 12.6. The van der Waals surface area contributed by atoms with Gasteiger partial charge in [-0.2, -0.15) is 21.6 Å². The van der Waals surface area contributed by atoms with Crippen molar-refractivity contribution in [2.24, 2.45) is 13.0 Å².